The molecule has 0 atom stereocenters. The summed E-state index contributed by atoms with van der Waals surface area (Å²) in [5, 5.41) is 11.8. The van der Waals surface area contributed by atoms with Gasteiger partial charge in [-0.1, -0.05) is 32.5 Å². The number of Topliss-reactive ketones (excluding diaryl/α,β-unsaturated/α-hetero) is 1. The number of aromatic nitrogens is 3. The molecule has 0 unspecified atom stereocenters. The van der Waals surface area contributed by atoms with Gasteiger partial charge in [-0.15, -0.1) is 21.5 Å². The number of hydrogen-bond acceptors (Lipinski definition) is 7. The number of rotatable bonds is 7. The van der Waals surface area contributed by atoms with Gasteiger partial charge in [0.2, 0.25) is 5.91 Å². The number of furan rings is 1. The Balaban J connectivity index is 1.56. The molecule has 0 aliphatic heterocycles. The minimum Gasteiger partial charge on any atom is -0.461 e. The van der Waals surface area contributed by atoms with Crippen LogP contribution < -0.4 is 5.32 Å². The summed E-state index contributed by atoms with van der Waals surface area (Å²) in [6.07, 6.45) is 1.58. The highest BCUT2D eigenvalue weighted by atomic mass is 32.2. The summed E-state index contributed by atoms with van der Waals surface area (Å²) >= 11 is 2.73. The quantitative estimate of drug-likeness (QED) is 0.464. The number of amides is 1. The minimum absolute atomic E-state index is 0.0148. The fraction of sp³-hybridized carbons (Fsp3) is 0.368. The largest absolute Gasteiger partial charge is 0.461 e. The molecule has 9 heteroatoms. The van der Waals surface area contributed by atoms with Crippen LogP contribution in [-0.2, 0) is 18.4 Å². The molecule has 7 nitrogen and oxygen atoms in total. The van der Waals surface area contributed by atoms with E-state index in [1.54, 1.807) is 23.0 Å². The fourth-order valence-electron chi connectivity index (χ4n) is 2.32. The van der Waals surface area contributed by atoms with Gasteiger partial charge >= 0.3 is 0 Å². The lowest BCUT2D eigenvalue weighted by molar-refractivity contribution is -0.128. The van der Waals surface area contributed by atoms with Crippen molar-refractivity contribution in [2.45, 2.75) is 32.5 Å². The Morgan fingerprint density at radius 1 is 1.25 bits per heavy atom. The molecule has 0 aliphatic rings. The average molecular weight is 419 g/mol. The Morgan fingerprint density at radius 2 is 2.04 bits per heavy atom. The van der Waals surface area contributed by atoms with Crippen molar-refractivity contribution in [2.75, 3.05) is 5.75 Å². The van der Waals surface area contributed by atoms with Crippen LogP contribution in [0.3, 0.4) is 0 Å². The SMILES string of the molecule is Cn1c(SCC(=O)c2ccc(CNC(=O)C(C)(C)C)s2)nnc1-c1ccco1. The number of nitrogens with zero attached hydrogens (tertiary/aromatic N) is 3. The predicted molar refractivity (Wildman–Crippen MR) is 109 cm³/mol. The average Bonchev–Trinajstić information content (AvgIpc) is 3.38. The Kier molecular flexibility index (Phi) is 6.04. The molecule has 0 fully saturated rings. The molecule has 3 aromatic heterocycles. The normalized spacial score (nSPS) is 11.6. The number of carbonyl (C=O) groups excluding carboxylic acids is 2. The molecule has 3 heterocycles. The van der Waals surface area contributed by atoms with Crippen LogP contribution in [0.5, 0.6) is 0 Å². The summed E-state index contributed by atoms with van der Waals surface area (Å²) in [4.78, 5) is 26.1. The monoisotopic (exact) mass is 418 g/mol. The second-order valence-corrected chi connectivity index (χ2v) is 9.36. The van der Waals surface area contributed by atoms with Gasteiger partial charge in [0.15, 0.2) is 22.5 Å². The first-order chi connectivity index (χ1) is 13.3. The second-order valence-electron chi connectivity index (χ2n) is 7.25. The van der Waals surface area contributed by atoms with Gasteiger partial charge in [0.05, 0.1) is 23.4 Å². The number of thioether (sulfide) groups is 1. The number of nitrogens with one attached hydrogen (secondary N) is 1. The number of hydrogen-bond donors (Lipinski definition) is 1. The fourth-order valence-corrected chi connectivity index (χ4v) is 4.09. The van der Waals surface area contributed by atoms with E-state index >= 15 is 0 Å². The third-order valence-corrected chi connectivity index (χ3v) is 6.10. The van der Waals surface area contributed by atoms with Gasteiger partial charge in [-0.25, -0.2) is 0 Å². The first kappa shape index (κ1) is 20.3. The van der Waals surface area contributed by atoms with Crippen LogP contribution in [0.4, 0.5) is 0 Å². The first-order valence-electron chi connectivity index (χ1n) is 8.72. The van der Waals surface area contributed by atoms with Crippen LogP contribution >= 0.6 is 23.1 Å². The lowest BCUT2D eigenvalue weighted by Crippen LogP contribution is -2.34. The van der Waals surface area contributed by atoms with Gasteiger partial charge in [0.25, 0.3) is 0 Å². The zero-order valence-electron chi connectivity index (χ0n) is 16.2. The molecule has 0 saturated heterocycles. The molecule has 3 aromatic rings. The van der Waals surface area contributed by atoms with E-state index in [2.05, 4.69) is 15.5 Å². The molecule has 1 N–H and O–H groups in total. The summed E-state index contributed by atoms with van der Waals surface area (Å²) in [5.74, 6) is 1.52. The van der Waals surface area contributed by atoms with Gasteiger partial charge in [-0.05, 0) is 24.3 Å². The lowest BCUT2D eigenvalue weighted by atomic mass is 9.96. The van der Waals surface area contributed by atoms with E-state index in [4.69, 9.17) is 4.42 Å². The van der Waals surface area contributed by atoms with Gasteiger partial charge in [-0.3, -0.25) is 9.59 Å². The van der Waals surface area contributed by atoms with E-state index in [9.17, 15) is 9.59 Å². The number of carbonyl (C=O) groups is 2. The van der Waals surface area contributed by atoms with Crippen LogP contribution in [-0.4, -0.2) is 32.2 Å². The van der Waals surface area contributed by atoms with Gasteiger partial charge < -0.3 is 14.3 Å². The number of thiophene rings is 1. The third-order valence-electron chi connectivity index (χ3n) is 3.95. The van der Waals surface area contributed by atoms with E-state index in [-0.39, 0.29) is 17.4 Å². The van der Waals surface area contributed by atoms with Crippen molar-refractivity contribution in [3.05, 3.63) is 40.3 Å². The third kappa shape index (κ3) is 4.71. The van der Waals surface area contributed by atoms with Crippen molar-refractivity contribution >= 4 is 34.8 Å². The highest BCUT2D eigenvalue weighted by molar-refractivity contribution is 7.99. The molecule has 0 aliphatic carbocycles. The van der Waals surface area contributed by atoms with E-state index in [1.165, 1.54) is 23.1 Å². The van der Waals surface area contributed by atoms with Crippen LogP contribution in [0, 0.1) is 5.41 Å². The maximum Gasteiger partial charge on any atom is 0.225 e. The second kappa shape index (κ2) is 8.32. The molecule has 148 valence electrons. The topological polar surface area (TPSA) is 90.0 Å². The van der Waals surface area contributed by atoms with E-state index in [0.717, 1.165) is 4.88 Å². The molecule has 1 amide bonds. The Morgan fingerprint density at radius 3 is 2.71 bits per heavy atom. The standard InChI is InChI=1S/C19H22N4O3S2/c1-19(2,3)17(25)20-10-12-7-8-15(28-12)13(24)11-27-18-22-21-16(23(18)4)14-6-5-9-26-14/h5-9H,10-11H2,1-4H3,(H,20,25). The molecule has 0 saturated carbocycles. The van der Waals surface area contributed by atoms with Crippen LogP contribution in [0.1, 0.15) is 35.3 Å². The Hall–Kier alpha value is -2.39. The zero-order valence-corrected chi connectivity index (χ0v) is 17.8. The van der Waals surface area contributed by atoms with E-state index in [1.807, 2.05) is 40.0 Å². The van der Waals surface area contributed by atoms with E-state index in [0.29, 0.717) is 28.2 Å². The lowest BCUT2D eigenvalue weighted by Gasteiger charge is -2.17. The van der Waals surface area contributed by atoms with Crippen molar-refractivity contribution < 1.29 is 14.0 Å². The summed E-state index contributed by atoms with van der Waals surface area (Å²) in [5.41, 5.74) is -0.433. The summed E-state index contributed by atoms with van der Waals surface area (Å²) in [6, 6.07) is 7.29. The molecule has 0 spiro atoms. The van der Waals surface area contributed by atoms with Crippen LogP contribution in [0.2, 0.25) is 0 Å². The molecule has 0 radical (unpaired) electrons. The molecule has 0 aromatic carbocycles. The molecule has 3 rings (SSSR count). The van der Waals surface area contributed by atoms with Gasteiger partial charge in [0.1, 0.15) is 0 Å². The highest BCUT2D eigenvalue weighted by Gasteiger charge is 2.21. The zero-order chi connectivity index (χ0) is 20.3. The molecular formula is C19H22N4O3S2. The van der Waals surface area contributed by atoms with E-state index < -0.39 is 5.41 Å². The predicted octanol–water partition coefficient (Wildman–Crippen LogP) is 3.77. The Labute approximate surface area is 171 Å². The molecule has 28 heavy (non-hydrogen) atoms. The molecular weight excluding hydrogens is 396 g/mol. The van der Waals surface area contributed by atoms with Gasteiger partial charge in [-0.2, -0.15) is 0 Å². The summed E-state index contributed by atoms with van der Waals surface area (Å²) in [6.45, 7) is 6.03. The maximum atomic E-state index is 12.5. The smallest absolute Gasteiger partial charge is 0.225 e. The van der Waals surface area contributed by atoms with Crippen molar-refractivity contribution in [1.82, 2.24) is 20.1 Å². The maximum absolute atomic E-state index is 12.5. The van der Waals surface area contributed by atoms with Crippen LogP contribution in [0.25, 0.3) is 11.6 Å². The first-order valence-corrected chi connectivity index (χ1v) is 10.5. The highest BCUT2D eigenvalue weighted by Crippen LogP contribution is 2.25. The Bertz CT molecular complexity index is 968. The van der Waals surface area contributed by atoms with Crippen molar-refractivity contribution in [2.24, 2.45) is 12.5 Å². The minimum atomic E-state index is -0.433. The van der Waals surface area contributed by atoms with Crippen molar-refractivity contribution in [3.63, 3.8) is 0 Å². The van der Waals surface area contributed by atoms with Crippen LogP contribution in [0.15, 0.2) is 40.1 Å². The van der Waals surface area contributed by atoms with Gasteiger partial charge in [0, 0.05) is 17.3 Å². The van der Waals surface area contributed by atoms with Crippen molar-refractivity contribution in [3.8, 4) is 11.6 Å². The molecule has 0 bridgehead atoms. The summed E-state index contributed by atoms with van der Waals surface area (Å²) < 4.78 is 7.15. The summed E-state index contributed by atoms with van der Waals surface area (Å²) in [7, 11) is 1.84. The van der Waals surface area contributed by atoms with Crippen molar-refractivity contribution in [1.29, 1.82) is 0 Å². The number of ketones is 1.